The van der Waals surface area contributed by atoms with Gasteiger partial charge in [0.25, 0.3) is 0 Å². The van der Waals surface area contributed by atoms with E-state index in [0.717, 1.165) is 44.4 Å². The molecule has 0 unspecified atom stereocenters. The van der Waals surface area contributed by atoms with E-state index in [1.54, 1.807) is 26.6 Å². The number of fused-ring (bicyclic) bond motifs is 2. The summed E-state index contributed by atoms with van der Waals surface area (Å²) in [4.78, 5) is 4.39. The van der Waals surface area contributed by atoms with Gasteiger partial charge >= 0.3 is 0 Å². The number of hydrazone groups is 1. The second-order valence-corrected chi connectivity index (χ2v) is 6.01. The Morgan fingerprint density at radius 2 is 1.81 bits per heavy atom. The fraction of sp³-hybridized carbons (Fsp3) is 0.0909. The van der Waals surface area contributed by atoms with E-state index in [4.69, 9.17) is 9.47 Å². The Balaban J connectivity index is 1.69. The van der Waals surface area contributed by atoms with E-state index >= 15 is 0 Å². The molecule has 0 amide bonds. The van der Waals surface area contributed by atoms with Crippen molar-refractivity contribution in [2.24, 2.45) is 5.10 Å². The average Bonchev–Trinajstić information content (AvgIpc) is 2.73. The largest absolute Gasteiger partial charge is 0.497 e. The van der Waals surface area contributed by atoms with Gasteiger partial charge in [-0.25, -0.2) is 0 Å². The molecule has 0 atom stereocenters. The minimum absolute atomic E-state index is 0.774. The minimum Gasteiger partial charge on any atom is -0.497 e. The van der Waals surface area contributed by atoms with Crippen LogP contribution in [0.15, 0.2) is 72.0 Å². The summed E-state index contributed by atoms with van der Waals surface area (Å²) in [6, 6.07) is 19.8. The molecule has 0 aliphatic rings. The maximum absolute atomic E-state index is 5.51. The highest BCUT2D eigenvalue weighted by molar-refractivity contribution is 6.03. The number of pyridine rings is 1. The first-order valence-electron chi connectivity index (χ1n) is 8.58. The fourth-order valence-corrected chi connectivity index (χ4v) is 3.11. The quantitative estimate of drug-likeness (QED) is 0.410. The van der Waals surface area contributed by atoms with Crippen molar-refractivity contribution < 1.29 is 9.47 Å². The zero-order chi connectivity index (χ0) is 18.6. The number of hydrogen-bond acceptors (Lipinski definition) is 5. The van der Waals surface area contributed by atoms with Gasteiger partial charge in [0.05, 0.1) is 31.6 Å². The van der Waals surface area contributed by atoms with Crippen molar-refractivity contribution in [2.75, 3.05) is 19.6 Å². The van der Waals surface area contributed by atoms with Crippen LogP contribution in [0.2, 0.25) is 0 Å². The molecule has 5 nitrogen and oxygen atoms in total. The van der Waals surface area contributed by atoms with Gasteiger partial charge in [-0.1, -0.05) is 30.3 Å². The molecule has 1 N–H and O–H groups in total. The number of nitrogens with zero attached hydrogens (tertiary/aromatic N) is 2. The van der Waals surface area contributed by atoms with Crippen LogP contribution in [0.3, 0.4) is 0 Å². The Morgan fingerprint density at radius 1 is 0.926 bits per heavy atom. The highest BCUT2D eigenvalue weighted by Gasteiger charge is 2.06. The number of hydrogen-bond donors (Lipinski definition) is 1. The Morgan fingerprint density at radius 3 is 2.67 bits per heavy atom. The van der Waals surface area contributed by atoms with Gasteiger partial charge in [-0.15, -0.1) is 0 Å². The highest BCUT2D eigenvalue weighted by Crippen LogP contribution is 2.27. The molecule has 0 saturated heterocycles. The zero-order valence-corrected chi connectivity index (χ0v) is 15.1. The van der Waals surface area contributed by atoms with Crippen LogP contribution in [0, 0.1) is 0 Å². The van der Waals surface area contributed by atoms with Crippen molar-refractivity contribution in [1.82, 2.24) is 4.98 Å². The zero-order valence-electron chi connectivity index (χ0n) is 15.1. The first-order chi connectivity index (χ1) is 13.3. The van der Waals surface area contributed by atoms with Gasteiger partial charge in [0.15, 0.2) is 0 Å². The van der Waals surface area contributed by atoms with Crippen molar-refractivity contribution in [2.45, 2.75) is 0 Å². The number of aromatic nitrogens is 1. The van der Waals surface area contributed by atoms with Crippen LogP contribution in [-0.2, 0) is 0 Å². The van der Waals surface area contributed by atoms with Crippen LogP contribution in [-0.4, -0.2) is 25.4 Å². The van der Waals surface area contributed by atoms with E-state index < -0.39 is 0 Å². The molecule has 1 aromatic heterocycles. The summed E-state index contributed by atoms with van der Waals surface area (Å²) < 4.78 is 10.8. The van der Waals surface area contributed by atoms with Gasteiger partial charge < -0.3 is 9.47 Å². The molecular formula is C22H19N3O2. The summed E-state index contributed by atoms with van der Waals surface area (Å²) in [5, 5.41) is 7.65. The van der Waals surface area contributed by atoms with E-state index in [9.17, 15) is 0 Å². The molecule has 4 aromatic rings. The number of benzene rings is 3. The van der Waals surface area contributed by atoms with Crippen LogP contribution in [0.1, 0.15) is 5.56 Å². The lowest BCUT2D eigenvalue weighted by atomic mass is 10.0. The lowest BCUT2D eigenvalue weighted by Gasteiger charge is -2.09. The van der Waals surface area contributed by atoms with E-state index in [1.165, 1.54) is 0 Å². The van der Waals surface area contributed by atoms with Gasteiger partial charge in [0.1, 0.15) is 11.5 Å². The molecule has 4 rings (SSSR count). The van der Waals surface area contributed by atoms with Gasteiger partial charge in [-0.3, -0.25) is 10.4 Å². The SMILES string of the molecule is COc1ccc2c(N/N=C/c3c(OC)ccc4ccccc34)ccnc2c1. The third kappa shape index (κ3) is 3.27. The molecule has 0 fully saturated rings. The second-order valence-electron chi connectivity index (χ2n) is 6.01. The number of ether oxygens (including phenoxy) is 2. The van der Waals surface area contributed by atoms with Crippen molar-refractivity contribution in [3.63, 3.8) is 0 Å². The molecule has 0 radical (unpaired) electrons. The summed E-state index contributed by atoms with van der Waals surface area (Å²) in [5.74, 6) is 1.56. The number of anilines is 1. The van der Waals surface area contributed by atoms with Gasteiger partial charge in [0, 0.05) is 23.2 Å². The highest BCUT2D eigenvalue weighted by atomic mass is 16.5. The molecule has 1 heterocycles. The van der Waals surface area contributed by atoms with Crippen molar-refractivity contribution in [1.29, 1.82) is 0 Å². The predicted octanol–water partition coefficient (Wildman–Crippen LogP) is 4.85. The van der Waals surface area contributed by atoms with Gasteiger partial charge in [-0.05, 0) is 35.0 Å². The molecule has 0 aliphatic carbocycles. The topological polar surface area (TPSA) is 55.7 Å². The van der Waals surface area contributed by atoms with E-state index in [1.807, 2.05) is 48.5 Å². The summed E-state index contributed by atoms with van der Waals surface area (Å²) in [6.07, 6.45) is 3.54. The lowest BCUT2D eigenvalue weighted by molar-refractivity contribution is 0.415. The van der Waals surface area contributed by atoms with Gasteiger partial charge in [0.2, 0.25) is 0 Å². The number of nitrogens with one attached hydrogen (secondary N) is 1. The standard InChI is InChI=1S/C22H19N3O2/c1-26-16-8-9-18-20(11-12-23-21(18)13-16)25-24-14-19-17-6-4-3-5-15(17)7-10-22(19)27-2/h3-14H,1-2H3,(H,23,25)/b24-14+. The van der Waals surface area contributed by atoms with Crippen LogP contribution in [0.25, 0.3) is 21.7 Å². The van der Waals surface area contributed by atoms with Crippen LogP contribution >= 0.6 is 0 Å². The molecule has 0 aliphatic heterocycles. The Kier molecular flexibility index (Phi) is 4.58. The van der Waals surface area contributed by atoms with Crippen molar-refractivity contribution in [3.05, 3.63) is 72.4 Å². The minimum atomic E-state index is 0.774. The summed E-state index contributed by atoms with van der Waals surface area (Å²) in [5.41, 5.74) is 5.77. The number of methoxy groups -OCH3 is 2. The van der Waals surface area contributed by atoms with E-state index in [-0.39, 0.29) is 0 Å². The summed E-state index contributed by atoms with van der Waals surface area (Å²) in [6.45, 7) is 0. The Labute approximate surface area is 157 Å². The average molecular weight is 357 g/mol. The van der Waals surface area contributed by atoms with Crippen LogP contribution < -0.4 is 14.9 Å². The Bertz CT molecular complexity index is 1140. The van der Waals surface area contributed by atoms with E-state index in [0.29, 0.717) is 0 Å². The normalized spacial score (nSPS) is 11.2. The molecule has 27 heavy (non-hydrogen) atoms. The van der Waals surface area contributed by atoms with E-state index in [2.05, 4.69) is 27.6 Å². The summed E-state index contributed by atoms with van der Waals surface area (Å²) in [7, 11) is 3.31. The molecule has 0 spiro atoms. The third-order valence-electron chi connectivity index (χ3n) is 4.48. The number of rotatable bonds is 5. The lowest BCUT2D eigenvalue weighted by Crippen LogP contribution is -1.96. The Hall–Kier alpha value is -3.60. The van der Waals surface area contributed by atoms with Crippen molar-refractivity contribution in [3.8, 4) is 11.5 Å². The first kappa shape index (κ1) is 16.8. The molecule has 0 bridgehead atoms. The molecule has 5 heteroatoms. The van der Waals surface area contributed by atoms with Crippen LogP contribution in [0.5, 0.6) is 11.5 Å². The predicted molar refractivity (Wildman–Crippen MR) is 110 cm³/mol. The molecular weight excluding hydrogens is 338 g/mol. The first-order valence-corrected chi connectivity index (χ1v) is 8.58. The smallest absolute Gasteiger partial charge is 0.128 e. The summed E-state index contributed by atoms with van der Waals surface area (Å²) >= 11 is 0. The molecule has 3 aromatic carbocycles. The second kappa shape index (κ2) is 7.33. The maximum Gasteiger partial charge on any atom is 0.128 e. The monoisotopic (exact) mass is 357 g/mol. The molecule has 0 saturated carbocycles. The van der Waals surface area contributed by atoms with Crippen LogP contribution in [0.4, 0.5) is 5.69 Å². The van der Waals surface area contributed by atoms with Gasteiger partial charge in [-0.2, -0.15) is 5.10 Å². The third-order valence-corrected chi connectivity index (χ3v) is 4.48. The van der Waals surface area contributed by atoms with Crippen molar-refractivity contribution >= 4 is 33.6 Å². The fourth-order valence-electron chi connectivity index (χ4n) is 3.11. The maximum atomic E-state index is 5.51. The molecule has 134 valence electrons.